The molecular weight excluding hydrogens is 310 g/mol. The number of nitrogens with zero attached hydrogens (tertiary/aromatic N) is 2. The molecule has 2 fully saturated rings. The van der Waals surface area contributed by atoms with E-state index in [4.69, 9.17) is 5.26 Å². The maximum absolute atomic E-state index is 11.5. The Morgan fingerprint density at radius 3 is 2.57 bits per heavy atom. The standard InChI is InChI=1S/C17H23N3O2S/c18-11-14-3-1-2-4-15(14)12-20-8-5-16(6-9-20)19-17-7-10-23(21,22)13-17/h1-4,16-17,19H,5-10,12-13H2. The quantitative estimate of drug-likeness (QED) is 0.899. The third kappa shape index (κ3) is 4.31. The molecule has 6 heteroatoms. The molecule has 0 radical (unpaired) electrons. The fourth-order valence-corrected chi connectivity index (χ4v) is 5.21. The molecule has 0 amide bonds. The summed E-state index contributed by atoms with van der Waals surface area (Å²) < 4.78 is 23.0. The van der Waals surface area contributed by atoms with E-state index in [9.17, 15) is 8.42 Å². The van der Waals surface area contributed by atoms with Gasteiger partial charge in [-0.1, -0.05) is 18.2 Å². The number of nitriles is 1. The average Bonchev–Trinajstić information content (AvgIpc) is 2.88. The lowest BCUT2D eigenvalue weighted by molar-refractivity contribution is 0.185. The minimum atomic E-state index is -2.81. The van der Waals surface area contributed by atoms with Crippen molar-refractivity contribution < 1.29 is 8.42 Å². The number of likely N-dealkylation sites (tertiary alicyclic amines) is 1. The highest BCUT2D eigenvalue weighted by Crippen LogP contribution is 2.18. The molecule has 2 aliphatic rings. The highest BCUT2D eigenvalue weighted by molar-refractivity contribution is 7.91. The molecule has 0 aromatic heterocycles. The minimum Gasteiger partial charge on any atom is -0.310 e. The molecule has 0 aliphatic carbocycles. The van der Waals surface area contributed by atoms with Crippen LogP contribution in [0.2, 0.25) is 0 Å². The Morgan fingerprint density at radius 2 is 1.91 bits per heavy atom. The second kappa shape index (κ2) is 7.00. The van der Waals surface area contributed by atoms with E-state index in [0.29, 0.717) is 17.5 Å². The average molecular weight is 333 g/mol. The van der Waals surface area contributed by atoms with Crippen LogP contribution in [0.5, 0.6) is 0 Å². The van der Waals surface area contributed by atoms with Crippen molar-refractivity contribution in [1.29, 1.82) is 5.26 Å². The van der Waals surface area contributed by atoms with Crippen molar-refractivity contribution in [3.05, 3.63) is 35.4 Å². The zero-order valence-electron chi connectivity index (χ0n) is 13.2. The molecule has 3 rings (SSSR count). The number of piperidine rings is 1. The maximum Gasteiger partial charge on any atom is 0.151 e. The largest absolute Gasteiger partial charge is 0.310 e. The Kier molecular flexibility index (Phi) is 5.00. The van der Waals surface area contributed by atoms with Crippen LogP contribution >= 0.6 is 0 Å². The van der Waals surface area contributed by atoms with Crippen LogP contribution in [0.15, 0.2) is 24.3 Å². The van der Waals surface area contributed by atoms with E-state index in [1.165, 1.54) is 0 Å². The van der Waals surface area contributed by atoms with Crippen LogP contribution in [0, 0.1) is 11.3 Å². The van der Waals surface area contributed by atoms with Crippen molar-refractivity contribution in [2.75, 3.05) is 24.6 Å². The first-order chi connectivity index (χ1) is 11.1. The molecule has 1 aromatic rings. The normalized spacial score (nSPS) is 25.3. The first-order valence-electron chi connectivity index (χ1n) is 8.22. The second-order valence-corrected chi connectivity index (χ2v) is 8.81. The zero-order valence-corrected chi connectivity index (χ0v) is 14.1. The lowest BCUT2D eigenvalue weighted by Crippen LogP contribution is -2.46. The predicted octanol–water partition coefficient (Wildman–Crippen LogP) is 1.30. The van der Waals surface area contributed by atoms with Crippen LogP contribution in [0.4, 0.5) is 0 Å². The van der Waals surface area contributed by atoms with E-state index in [-0.39, 0.29) is 6.04 Å². The van der Waals surface area contributed by atoms with Gasteiger partial charge in [-0.3, -0.25) is 4.90 Å². The Morgan fingerprint density at radius 1 is 1.17 bits per heavy atom. The Bertz CT molecular complexity index is 688. The lowest BCUT2D eigenvalue weighted by Gasteiger charge is -2.33. The van der Waals surface area contributed by atoms with Crippen LogP contribution in [0.25, 0.3) is 0 Å². The molecule has 2 heterocycles. The van der Waals surface area contributed by atoms with Gasteiger partial charge in [0.2, 0.25) is 0 Å². The van der Waals surface area contributed by atoms with Crippen molar-refractivity contribution in [3.8, 4) is 6.07 Å². The molecule has 0 saturated carbocycles. The topological polar surface area (TPSA) is 73.2 Å². The second-order valence-electron chi connectivity index (χ2n) is 6.59. The molecule has 2 aliphatic heterocycles. The summed E-state index contributed by atoms with van der Waals surface area (Å²) in [6, 6.07) is 10.6. The first kappa shape index (κ1) is 16.4. The summed E-state index contributed by atoms with van der Waals surface area (Å²) in [5, 5.41) is 12.7. The fourth-order valence-electron chi connectivity index (χ4n) is 3.53. The summed E-state index contributed by atoms with van der Waals surface area (Å²) >= 11 is 0. The van der Waals surface area contributed by atoms with Gasteiger partial charge in [-0.15, -0.1) is 0 Å². The molecule has 2 saturated heterocycles. The Balaban J connectivity index is 1.48. The van der Waals surface area contributed by atoms with Gasteiger partial charge in [-0.25, -0.2) is 8.42 Å². The fraction of sp³-hybridized carbons (Fsp3) is 0.588. The van der Waals surface area contributed by atoms with Gasteiger partial charge < -0.3 is 5.32 Å². The summed E-state index contributed by atoms with van der Waals surface area (Å²) in [6.07, 6.45) is 2.81. The molecule has 1 unspecified atom stereocenters. The van der Waals surface area contributed by atoms with Crippen molar-refractivity contribution in [2.45, 2.75) is 37.9 Å². The minimum absolute atomic E-state index is 0.135. The van der Waals surface area contributed by atoms with Crippen molar-refractivity contribution >= 4 is 9.84 Å². The lowest BCUT2D eigenvalue weighted by atomic mass is 10.0. The van der Waals surface area contributed by atoms with E-state index >= 15 is 0 Å². The molecule has 1 N–H and O–H groups in total. The summed E-state index contributed by atoms with van der Waals surface area (Å²) in [4.78, 5) is 2.37. The summed E-state index contributed by atoms with van der Waals surface area (Å²) in [7, 11) is -2.81. The SMILES string of the molecule is N#Cc1ccccc1CN1CCC(NC2CCS(=O)(=O)C2)CC1. The molecule has 1 atom stereocenters. The van der Waals surface area contributed by atoms with Crippen LogP contribution in [-0.2, 0) is 16.4 Å². The highest BCUT2D eigenvalue weighted by atomic mass is 32.2. The monoisotopic (exact) mass is 333 g/mol. The van der Waals surface area contributed by atoms with E-state index in [1.54, 1.807) is 0 Å². The molecule has 0 spiro atoms. The van der Waals surface area contributed by atoms with Crippen molar-refractivity contribution in [2.24, 2.45) is 0 Å². The smallest absolute Gasteiger partial charge is 0.151 e. The number of nitrogens with one attached hydrogen (secondary N) is 1. The molecule has 5 nitrogen and oxygen atoms in total. The van der Waals surface area contributed by atoms with Crippen molar-refractivity contribution in [1.82, 2.24) is 10.2 Å². The predicted molar refractivity (Wildman–Crippen MR) is 89.7 cm³/mol. The molecule has 0 bridgehead atoms. The highest BCUT2D eigenvalue weighted by Gasteiger charge is 2.30. The molecular formula is C17H23N3O2S. The third-order valence-electron chi connectivity index (χ3n) is 4.82. The number of benzene rings is 1. The number of rotatable bonds is 4. The van der Waals surface area contributed by atoms with E-state index in [2.05, 4.69) is 16.3 Å². The summed E-state index contributed by atoms with van der Waals surface area (Å²) in [6.45, 7) is 2.78. The van der Waals surface area contributed by atoms with Gasteiger partial charge in [0.25, 0.3) is 0 Å². The molecule has 23 heavy (non-hydrogen) atoms. The maximum atomic E-state index is 11.5. The van der Waals surface area contributed by atoms with Crippen LogP contribution in [-0.4, -0.2) is 50.0 Å². The number of hydrogen-bond donors (Lipinski definition) is 1. The van der Waals surface area contributed by atoms with Gasteiger partial charge in [-0.2, -0.15) is 5.26 Å². The number of sulfone groups is 1. The van der Waals surface area contributed by atoms with E-state index < -0.39 is 9.84 Å². The number of hydrogen-bond acceptors (Lipinski definition) is 5. The first-order valence-corrected chi connectivity index (χ1v) is 10.0. The van der Waals surface area contributed by atoms with Crippen LogP contribution in [0.1, 0.15) is 30.4 Å². The van der Waals surface area contributed by atoms with Crippen LogP contribution in [0.3, 0.4) is 0 Å². The van der Waals surface area contributed by atoms with Gasteiger partial charge in [0.15, 0.2) is 9.84 Å². The summed E-state index contributed by atoms with van der Waals surface area (Å²) in [5.41, 5.74) is 1.84. The van der Waals surface area contributed by atoms with Crippen molar-refractivity contribution in [3.63, 3.8) is 0 Å². The molecule has 124 valence electrons. The third-order valence-corrected chi connectivity index (χ3v) is 6.59. The Hall–Kier alpha value is -1.42. The van der Waals surface area contributed by atoms with Gasteiger partial charge in [0.05, 0.1) is 23.1 Å². The van der Waals surface area contributed by atoms with E-state index in [0.717, 1.165) is 50.0 Å². The van der Waals surface area contributed by atoms with E-state index in [1.807, 2.05) is 24.3 Å². The van der Waals surface area contributed by atoms with Crippen LogP contribution < -0.4 is 5.32 Å². The van der Waals surface area contributed by atoms with Gasteiger partial charge in [-0.05, 0) is 44.0 Å². The van der Waals surface area contributed by atoms with Gasteiger partial charge in [0.1, 0.15) is 0 Å². The zero-order chi connectivity index (χ0) is 16.3. The van der Waals surface area contributed by atoms with Gasteiger partial charge >= 0.3 is 0 Å². The summed E-state index contributed by atoms with van der Waals surface area (Å²) in [5.74, 6) is 0.622. The Labute approximate surface area is 138 Å². The molecule has 1 aromatic carbocycles. The van der Waals surface area contributed by atoms with Gasteiger partial charge in [0, 0.05) is 18.6 Å².